The van der Waals surface area contributed by atoms with Gasteiger partial charge in [0.15, 0.2) is 0 Å². The van der Waals surface area contributed by atoms with Crippen LogP contribution in [-0.4, -0.2) is 28.9 Å². The predicted octanol–water partition coefficient (Wildman–Crippen LogP) is -0.174. The summed E-state index contributed by atoms with van der Waals surface area (Å²) in [5.41, 5.74) is 4.97. The van der Waals surface area contributed by atoms with Crippen LogP contribution in [0, 0.1) is 0 Å². The quantitative estimate of drug-likeness (QED) is 0.431. The Balaban J connectivity index is 0. The Hall–Kier alpha value is -0.920. The Labute approximate surface area is 76.8 Å². The second-order valence-corrected chi connectivity index (χ2v) is 4.62. The molecule has 0 rings (SSSR count). The fourth-order valence-electron chi connectivity index (χ4n) is 0. The summed E-state index contributed by atoms with van der Waals surface area (Å²) < 4.78 is 28.4. The van der Waals surface area contributed by atoms with E-state index in [9.17, 15) is 13.2 Å². The number of carbonyl (C=O) groups is 1. The molecular weight excluding hydrogens is 198 g/mol. The van der Waals surface area contributed by atoms with E-state index >= 15 is 0 Å². The molecule has 0 saturated heterocycles. The average molecular weight is 211 g/mol. The maximum atomic E-state index is 10.1. The largest absolute Gasteiger partial charge is 0.478 e. The molecular formula is C6H13NO5S. The first-order valence-corrected chi connectivity index (χ1v) is 4.57. The minimum Gasteiger partial charge on any atom is -0.478 e. The summed E-state index contributed by atoms with van der Waals surface area (Å²) in [5.74, 6) is -0.981. The Morgan fingerprint density at radius 3 is 1.69 bits per heavy atom. The van der Waals surface area contributed by atoms with Gasteiger partial charge in [-0.1, -0.05) is 6.58 Å². The smallest absolute Gasteiger partial charge is 0.327 e. The van der Waals surface area contributed by atoms with E-state index in [1.54, 1.807) is 0 Å². The number of nitrogens with two attached hydrogens (primary N) is 1. The third-order valence-corrected chi connectivity index (χ3v) is 2.17. The van der Waals surface area contributed by atoms with E-state index < -0.39 is 21.0 Å². The lowest BCUT2D eigenvalue weighted by molar-refractivity contribution is -0.131. The number of carboxylic acid groups (broad SMARTS) is 1. The lowest BCUT2D eigenvalue weighted by atomic mass is 10.4. The molecule has 4 N–H and O–H groups in total. The summed E-state index contributed by atoms with van der Waals surface area (Å²) in [5, 5.41) is 7.60. The molecule has 0 bridgehead atoms. The molecule has 0 heterocycles. The Morgan fingerprint density at radius 1 is 1.54 bits per heavy atom. The average Bonchev–Trinajstić information content (AvgIpc) is 1.84. The molecule has 6 nitrogen and oxygen atoms in total. The van der Waals surface area contributed by atoms with Crippen LogP contribution in [0.4, 0.5) is 0 Å². The molecule has 13 heavy (non-hydrogen) atoms. The number of carboxylic acids is 1. The van der Waals surface area contributed by atoms with Crippen LogP contribution >= 0.6 is 0 Å². The zero-order valence-corrected chi connectivity index (χ0v) is 8.21. The maximum absolute atomic E-state index is 10.1. The number of rotatable bonds is 2. The second kappa shape index (κ2) is 4.95. The van der Waals surface area contributed by atoms with Gasteiger partial charge in [-0.25, -0.2) is 4.79 Å². The first kappa shape index (κ1) is 14.6. The summed E-state index contributed by atoms with van der Waals surface area (Å²) >= 11 is 0. The molecule has 0 aromatic carbocycles. The molecule has 0 spiro atoms. The standard InChI is InChI=1S/C3H9NO3S.C3H4O2/c1-3(2,4)8(5,6)7;1-2-3(4)5/h4H2,1-2H3,(H,5,6,7);2H,1H2,(H,4,5). The molecule has 0 atom stereocenters. The van der Waals surface area contributed by atoms with E-state index in [1.165, 1.54) is 13.8 Å². The molecule has 0 aromatic heterocycles. The van der Waals surface area contributed by atoms with E-state index in [0.29, 0.717) is 0 Å². The van der Waals surface area contributed by atoms with Gasteiger partial charge in [0.2, 0.25) is 0 Å². The third kappa shape index (κ3) is 8.99. The molecule has 0 saturated carbocycles. The zero-order valence-electron chi connectivity index (χ0n) is 7.39. The molecule has 0 fully saturated rings. The minimum absolute atomic E-state index is 0.833. The van der Waals surface area contributed by atoms with Crippen LogP contribution in [-0.2, 0) is 14.9 Å². The summed E-state index contributed by atoms with van der Waals surface area (Å²) in [6.07, 6.45) is 0.833. The van der Waals surface area contributed by atoms with Gasteiger partial charge in [0.05, 0.1) is 0 Å². The van der Waals surface area contributed by atoms with Crippen molar-refractivity contribution in [2.75, 3.05) is 0 Å². The molecule has 78 valence electrons. The first-order valence-electron chi connectivity index (χ1n) is 3.13. The van der Waals surface area contributed by atoms with Gasteiger partial charge in [0.25, 0.3) is 10.1 Å². The first-order chi connectivity index (χ1) is 5.52. The van der Waals surface area contributed by atoms with Crippen molar-refractivity contribution >= 4 is 16.1 Å². The predicted molar refractivity (Wildman–Crippen MR) is 47.6 cm³/mol. The Kier molecular flexibility index (Phi) is 5.56. The highest BCUT2D eigenvalue weighted by Crippen LogP contribution is 2.03. The molecule has 0 radical (unpaired) electrons. The van der Waals surface area contributed by atoms with Crippen molar-refractivity contribution in [1.82, 2.24) is 0 Å². The minimum atomic E-state index is -4.06. The van der Waals surface area contributed by atoms with Crippen LogP contribution in [0.15, 0.2) is 12.7 Å². The van der Waals surface area contributed by atoms with E-state index in [1.807, 2.05) is 0 Å². The highest BCUT2D eigenvalue weighted by Gasteiger charge is 2.26. The van der Waals surface area contributed by atoms with Crippen LogP contribution < -0.4 is 5.73 Å². The van der Waals surface area contributed by atoms with Crippen molar-refractivity contribution in [3.05, 3.63) is 12.7 Å². The lowest BCUT2D eigenvalue weighted by Gasteiger charge is -2.12. The Bertz CT molecular complexity index is 274. The van der Waals surface area contributed by atoms with Crippen molar-refractivity contribution in [3.8, 4) is 0 Å². The van der Waals surface area contributed by atoms with Crippen molar-refractivity contribution in [2.24, 2.45) is 5.73 Å². The normalized spacial score (nSPS) is 11.1. The summed E-state index contributed by atoms with van der Waals surface area (Å²) in [7, 11) is -4.06. The van der Waals surface area contributed by atoms with Gasteiger partial charge in [-0.2, -0.15) is 8.42 Å². The van der Waals surface area contributed by atoms with Gasteiger partial charge in [-0.3, -0.25) is 4.55 Å². The summed E-state index contributed by atoms with van der Waals surface area (Å²) in [6.45, 7) is 5.38. The summed E-state index contributed by atoms with van der Waals surface area (Å²) in [4.78, 5) is 7.72. The van der Waals surface area contributed by atoms with Crippen LogP contribution in [0.25, 0.3) is 0 Å². The highest BCUT2D eigenvalue weighted by molar-refractivity contribution is 7.87. The van der Waals surface area contributed by atoms with Crippen molar-refractivity contribution in [1.29, 1.82) is 0 Å². The molecule has 0 aliphatic heterocycles. The number of hydrogen-bond acceptors (Lipinski definition) is 4. The zero-order chi connectivity index (χ0) is 11.3. The van der Waals surface area contributed by atoms with Gasteiger partial charge in [-0.05, 0) is 13.8 Å². The molecule has 0 unspecified atom stereocenters. The number of hydrogen-bond donors (Lipinski definition) is 3. The highest BCUT2D eigenvalue weighted by atomic mass is 32.2. The van der Waals surface area contributed by atoms with Gasteiger partial charge >= 0.3 is 5.97 Å². The van der Waals surface area contributed by atoms with Crippen LogP contribution in [0.5, 0.6) is 0 Å². The van der Waals surface area contributed by atoms with Crippen LogP contribution in [0.1, 0.15) is 13.8 Å². The Morgan fingerprint density at radius 2 is 1.69 bits per heavy atom. The van der Waals surface area contributed by atoms with Gasteiger partial charge < -0.3 is 10.8 Å². The summed E-state index contributed by atoms with van der Waals surface area (Å²) in [6, 6.07) is 0. The maximum Gasteiger partial charge on any atom is 0.327 e. The molecule has 0 aliphatic rings. The van der Waals surface area contributed by atoms with Crippen LogP contribution in [0.2, 0.25) is 0 Å². The topological polar surface area (TPSA) is 118 Å². The van der Waals surface area contributed by atoms with Crippen LogP contribution in [0.3, 0.4) is 0 Å². The van der Waals surface area contributed by atoms with E-state index in [2.05, 4.69) is 6.58 Å². The second-order valence-electron chi connectivity index (χ2n) is 2.62. The van der Waals surface area contributed by atoms with E-state index in [4.69, 9.17) is 15.4 Å². The fraction of sp³-hybridized carbons (Fsp3) is 0.500. The van der Waals surface area contributed by atoms with Crippen molar-refractivity contribution in [2.45, 2.75) is 18.7 Å². The lowest BCUT2D eigenvalue weighted by Crippen LogP contribution is -2.40. The fourth-order valence-corrected chi connectivity index (χ4v) is 0. The van der Waals surface area contributed by atoms with E-state index in [-0.39, 0.29) is 0 Å². The molecule has 0 amide bonds. The molecule has 0 aliphatic carbocycles. The molecule has 7 heteroatoms. The van der Waals surface area contributed by atoms with E-state index in [0.717, 1.165) is 6.08 Å². The molecule has 0 aromatic rings. The SMILES string of the molecule is C=CC(=O)O.CC(C)(N)S(=O)(=O)O. The van der Waals surface area contributed by atoms with Gasteiger partial charge in [-0.15, -0.1) is 0 Å². The van der Waals surface area contributed by atoms with Gasteiger partial charge in [0, 0.05) is 6.08 Å². The third-order valence-electron chi connectivity index (χ3n) is 0.839. The van der Waals surface area contributed by atoms with Crippen molar-refractivity contribution in [3.63, 3.8) is 0 Å². The van der Waals surface area contributed by atoms with Gasteiger partial charge in [0.1, 0.15) is 4.87 Å². The monoisotopic (exact) mass is 211 g/mol. The number of aliphatic carboxylic acids is 1. The van der Waals surface area contributed by atoms with Crippen molar-refractivity contribution < 1.29 is 22.9 Å².